The number of para-hydroxylation sites is 1. The van der Waals surface area contributed by atoms with Gasteiger partial charge in [-0.2, -0.15) is 0 Å². The van der Waals surface area contributed by atoms with Crippen molar-refractivity contribution in [3.8, 4) is 0 Å². The summed E-state index contributed by atoms with van der Waals surface area (Å²) in [5.41, 5.74) is 1.32. The summed E-state index contributed by atoms with van der Waals surface area (Å²) in [5.74, 6) is -1.86. The summed E-state index contributed by atoms with van der Waals surface area (Å²) in [6.07, 6.45) is 1.75. The molecule has 2 amide bonds. The van der Waals surface area contributed by atoms with Crippen molar-refractivity contribution in [3.05, 3.63) is 34.7 Å². The first-order chi connectivity index (χ1) is 12.0. The van der Waals surface area contributed by atoms with Crippen LogP contribution in [0, 0.1) is 0 Å². The predicted molar refractivity (Wildman–Crippen MR) is 100 cm³/mol. The number of benzene rings is 1. The number of anilines is 1. The van der Waals surface area contributed by atoms with Gasteiger partial charge in [0, 0.05) is 12.1 Å². The standard InChI is InChI=1S/C17H16N2O4S2/c1-2-3-8-18-16(23)14(25-17(18)24)13-10-6-4-5-7-11(10)19(15(13)22)9-12(20)21/h4-7H,2-3,8-9H2,1H3,(H,20,21)/b14-13-. The van der Waals surface area contributed by atoms with Crippen molar-refractivity contribution in [2.45, 2.75) is 19.8 Å². The fourth-order valence-electron chi connectivity index (χ4n) is 2.85. The number of nitrogens with zero attached hydrogens (tertiary/aromatic N) is 2. The Morgan fingerprint density at radius 1 is 1.20 bits per heavy atom. The molecule has 2 aliphatic heterocycles. The van der Waals surface area contributed by atoms with Crippen LogP contribution in [0.15, 0.2) is 29.2 Å². The number of hydrogen-bond acceptors (Lipinski definition) is 5. The topological polar surface area (TPSA) is 77.9 Å². The third kappa shape index (κ3) is 3.07. The summed E-state index contributed by atoms with van der Waals surface area (Å²) >= 11 is 6.41. The van der Waals surface area contributed by atoms with Crippen LogP contribution in [0.1, 0.15) is 25.3 Å². The molecule has 0 radical (unpaired) electrons. The second-order valence-electron chi connectivity index (χ2n) is 5.68. The number of amides is 2. The Kier molecular flexibility index (Phi) is 4.91. The highest BCUT2D eigenvalue weighted by Gasteiger charge is 2.42. The zero-order chi connectivity index (χ0) is 18.1. The van der Waals surface area contributed by atoms with Gasteiger partial charge in [0.05, 0.1) is 16.2 Å². The van der Waals surface area contributed by atoms with Crippen molar-refractivity contribution in [3.63, 3.8) is 0 Å². The summed E-state index contributed by atoms with van der Waals surface area (Å²) in [6.45, 7) is 2.10. The third-order valence-corrected chi connectivity index (χ3v) is 5.48. The number of carbonyl (C=O) groups excluding carboxylic acids is 2. The van der Waals surface area contributed by atoms with E-state index in [1.807, 2.05) is 6.92 Å². The third-order valence-electron chi connectivity index (χ3n) is 4.03. The van der Waals surface area contributed by atoms with Crippen molar-refractivity contribution < 1.29 is 19.5 Å². The van der Waals surface area contributed by atoms with E-state index in [2.05, 4.69) is 0 Å². The number of carboxylic acid groups (broad SMARTS) is 1. The van der Waals surface area contributed by atoms with Gasteiger partial charge in [0.25, 0.3) is 11.8 Å². The van der Waals surface area contributed by atoms with E-state index in [-0.39, 0.29) is 16.4 Å². The molecular weight excluding hydrogens is 360 g/mol. The SMILES string of the molecule is CCCCN1C(=O)/C(=C2/C(=O)N(CC(=O)O)c3ccccc32)SC1=S. The Hall–Kier alpha value is -2.19. The van der Waals surface area contributed by atoms with E-state index < -0.39 is 18.4 Å². The summed E-state index contributed by atoms with van der Waals surface area (Å²) < 4.78 is 0.433. The highest BCUT2D eigenvalue weighted by atomic mass is 32.2. The van der Waals surface area contributed by atoms with E-state index in [9.17, 15) is 14.4 Å². The van der Waals surface area contributed by atoms with Gasteiger partial charge in [0.15, 0.2) is 0 Å². The first-order valence-corrected chi connectivity index (χ1v) is 9.09. The minimum atomic E-state index is -1.11. The molecule has 1 saturated heterocycles. The molecule has 1 N–H and O–H groups in total. The van der Waals surface area contributed by atoms with Crippen LogP contribution in [0.3, 0.4) is 0 Å². The molecule has 0 unspecified atom stereocenters. The van der Waals surface area contributed by atoms with Crippen molar-refractivity contribution in [1.82, 2.24) is 4.90 Å². The van der Waals surface area contributed by atoms with E-state index in [4.69, 9.17) is 17.3 Å². The van der Waals surface area contributed by atoms with Gasteiger partial charge in [-0.25, -0.2) is 0 Å². The fourth-order valence-corrected chi connectivity index (χ4v) is 4.23. The average Bonchev–Trinajstić information content (AvgIpc) is 3.00. The number of unbranched alkanes of at least 4 members (excludes halogenated alkanes) is 1. The van der Waals surface area contributed by atoms with Gasteiger partial charge < -0.3 is 5.11 Å². The molecule has 3 rings (SSSR count). The molecule has 0 bridgehead atoms. The maximum Gasteiger partial charge on any atom is 0.323 e. The van der Waals surface area contributed by atoms with Gasteiger partial charge >= 0.3 is 5.97 Å². The molecule has 0 saturated carbocycles. The van der Waals surface area contributed by atoms with Gasteiger partial charge in [-0.1, -0.05) is 55.5 Å². The zero-order valence-corrected chi connectivity index (χ0v) is 15.2. The Morgan fingerprint density at radius 2 is 1.92 bits per heavy atom. The molecular formula is C17H16N2O4S2. The van der Waals surface area contributed by atoms with Gasteiger partial charge in [-0.05, 0) is 12.5 Å². The second-order valence-corrected chi connectivity index (χ2v) is 7.33. The van der Waals surface area contributed by atoms with Gasteiger partial charge in [0.2, 0.25) is 0 Å². The van der Waals surface area contributed by atoms with E-state index in [1.165, 1.54) is 9.80 Å². The van der Waals surface area contributed by atoms with Crippen LogP contribution < -0.4 is 4.90 Å². The molecule has 2 heterocycles. The van der Waals surface area contributed by atoms with Crippen molar-refractivity contribution in [1.29, 1.82) is 0 Å². The maximum absolute atomic E-state index is 12.8. The Balaban J connectivity index is 2.06. The predicted octanol–water partition coefficient (Wildman–Crippen LogP) is 2.49. The Bertz CT molecular complexity index is 819. The molecule has 1 aromatic rings. The lowest BCUT2D eigenvalue weighted by Crippen LogP contribution is -2.33. The zero-order valence-electron chi connectivity index (χ0n) is 13.5. The molecule has 6 nitrogen and oxygen atoms in total. The van der Waals surface area contributed by atoms with E-state index in [0.29, 0.717) is 22.1 Å². The van der Waals surface area contributed by atoms with Crippen LogP contribution in [0.4, 0.5) is 5.69 Å². The van der Waals surface area contributed by atoms with Crippen LogP contribution in [-0.2, 0) is 14.4 Å². The number of hydrogen-bond donors (Lipinski definition) is 1. The Labute approximate surface area is 154 Å². The van der Waals surface area contributed by atoms with Gasteiger partial charge in [-0.15, -0.1) is 0 Å². The molecule has 0 spiro atoms. The number of carboxylic acids is 1. The molecule has 130 valence electrons. The Morgan fingerprint density at radius 3 is 2.60 bits per heavy atom. The fraction of sp³-hybridized carbons (Fsp3) is 0.294. The lowest BCUT2D eigenvalue weighted by atomic mass is 10.1. The molecule has 1 aromatic carbocycles. The minimum absolute atomic E-state index is 0.244. The van der Waals surface area contributed by atoms with Crippen LogP contribution in [0.5, 0.6) is 0 Å². The highest BCUT2D eigenvalue weighted by Crippen LogP contribution is 2.44. The number of thiocarbonyl (C=S) groups is 1. The highest BCUT2D eigenvalue weighted by molar-refractivity contribution is 8.26. The average molecular weight is 376 g/mol. The second kappa shape index (κ2) is 6.97. The number of carbonyl (C=O) groups is 3. The van der Waals surface area contributed by atoms with Crippen molar-refractivity contribution in [2.75, 3.05) is 18.0 Å². The minimum Gasteiger partial charge on any atom is -0.480 e. The quantitative estimate of drug-likeness (QED) is 0.628. The van der Waals surface area contributed by atoms with Crippen LogP contribution in [-0.4, -0.2) is 45.2 Å². The van der Waals surface area contributed by atoms with Crippen LogP contribution in [0.2, 0.25) is 0 Å². The largest absolute Gasteiger partial charge is 0.480 e. The van der Waals surface area contributed by atoms with Gasteiger partial charge in [-0.3, -0.25) is 24.2 Å². The maximum atomic E-state index is 12.8. The summed E-state index contributed by atoms with van der Waals surface area (Å²) in [4.78, 5) is 39.7. The molecule has 0 aliphatic carbocycles. The lowest BCUT2D eigenvalue weighted by molar-refractivity contribution is -0.136. The molecule has 0 atom stereocenters. The van der Waals surface area contributed by atoms with Crippen LogP contribution >= 0.6 is 24.0 Å². The van der Waals surface area contributed by atoms with Crippen LogP contribution in [0.25, 0.3) is 5.57 Å². The summed E-state index contributed by atoms with van der Waals surface area (Å²) in [7, 11) is 0. The first kappa shape index (κ1) is 17.6. The molecule has 25 heavy (non-hydrogen) atoms. The molecule has 2 aliphatic rings. The van der Waals surface area contributed by atoms with E-state index in [1.54, 1.807) is 24.3 Å². The number of rotatable bonds is 5. The molecule has 1 fully saturated rings. The normalized spacial score (nSPS) is 19.8. The smallest absolute Gasteiger partial charge is 0.323 e. The van der Waals surface area contributed by atoms with Gasteiger partial charge in [0.1, 0.15) is 10.9 Å². The summed E-state index contributed by atoms with van der Waals surface area (Å²) in [6, 6.07) is 6.90. The number of thioether (sulfide) groups is 1. The summed E-state index contributed by atoms with van der Waals surface area (Å²) in [5, 5.41) is 9.09. The molecule has 8 heteroatoms. The van der Waals surface area contributed by atoms with Crippen molar-refractivity contribution in [2.24, 2.45) is 0 Å². The van der Waals surface area contributed by atoms with Crippen molar-refractivity contribution >= 4 is 57.3 Å². The van der Waals surface area contributed by atoms with E-state index in [0.717, 1.165) is 24.6 Å². The number of fused-ring (bicyclic) bond motifs is 1. The number of aliphatic carboxylic acids is 1. The molecule has 0 aromatic heterocycles. The lowest BCUT2D eigenvalue weighted by Gasteiger charge is -2.14. The van der Waals surface area contributed by atoms with E-state index >= 15 is 0 Å². The first-order valence-electron chi connectivity index (χ1n) is 7.86. The monoisotopic (exact) mass is 376 g/mol.